The summed E-state index contributed by atoms with van der Waals surface area (Å²) in [4.78, 5) is 48.5. The lowest BCUT2D eigenvalue weighted by molar-refractivity contribution is -0.161. The van der Waals surface area contributed by atoms with Crippen molar-refractivity contribution in [3.8, 4) is 0 Å². The second-order valence-corrected chi connectivity index (χ2v) is 19.8. The molecule has 0 aliphatic carbocycles. The van der Waals surface area contributed by atoms with Gasteiger partial charge in [0.25, 0.3) is 0 Å². The maximum absolute atomic E-state index is 12.9. The van der Waals surface area contributed by atoms with Crippen LogP contribution in [-0.2, 0) is 42.2 Å². The zero-order valence-electron chi connectivity index (χ0n) is 45.4. The number of esters is 3. The summed E-state index contributed by atoms with van der Waals surface area (Å²) in [5, 5.41) is 9.80. The van der Waals surface area contributed by atoms with E-state index in [1.54, 1.807) is 0 Å². The molecule has 0 saturated carbocycles. The minimum atomic E-state index is -4.77. The first-order chi connectivity index (χ1) is 35.2. The Morgan fingerprint density at radius 2 is 0.722 bits per heavy atom. The molecular weight excluding hydrogens is 928 g/mol. The third-order valence-corrected chi connectivity index (χ3v) is 12.5. The molecule has 0 bridgehead atoms. The monoisotopic (exact) mass is 1030 g/mol. The molecule has 72 heavy (non-hydrogen) atoms. The van der Waals surface area contributed by atoms with Gasteiger partial charge in [0.05, 0.1) is 19.8 Å². The van der Waals surface area contributed by atoms with Gasteiger partial charge in [0.2, 0.25) is 0 Å². The first kappa shape index (κ1) is 68.4. The lowest BCUT2D eigenvalue weighted by Gasteiger charge is -2.21. The summed E-state index contributed by atoms with van der Waals surface area (Å²) in [7, 11) is -4.77. The molecular formula is C60H101O11P. The van der Waals surface area contributed by atoms with Crippen molar-refractivity contribution in [2.24, 2.45) is 0 Å². The molecule has 0 spiro atoms. The van der Waals surface area contributed by atoms with Gasteiger partial charge in [-0.1, -0.05) is 208 Å². The number of aliphatic hydroxyl groups is 1. The molecule has 2 N–H and O–H groups in total. The van der Waals surface area contributed by atoms with Crippen molar-refractivity contribution in [3.05, 3.63) is 97.2 Å². The SMILES string of the molecule is CC/C=C\C/C=C\C/C=C\C/C=C\CCCCCCC(=O)OC(COC(=O)CCCCCCCCCCCCCCC)COP(=O)(O)OCC(CO)OC(=O)CCCC/C=C\C/C=C\C/C=C\C/C=C\CC. The predicted octanol–water partition coefficient (Wildman–Crippen LogP) is 16.5. The van der Waals surface area contributed by atoms with E-state index in [1.165, 1.54) is 57.8 Å². The van der Waals surface area contributed by atoms with E-state index >= 15 is 0 Å². The van der Waals surface area contributed by atoms with Crippen LogP contribution in [0.25, 0.3) is 0 Å². The normalized spacial score (nSPS) is 14.1. The Morgan fingerprint density at radius 3 is 1.14 bits per heavy atom. The van der Waals surface area contributed by atoms with E-state index in [4.69, 9.17) is 23.3 Å². The summed E-state index contributed by atoms with van der Waals surface area (Å²) < 4.78 is 39.4. The minimum absolute atomic E-state index is 0.120. The molecule has 0 aliphatic rings. The Bertz CT molecular complexity index is 1580. The molecule has 0 heterocycles. The highest BCUT2D eigenvalue weighted by molar-refractivity contribution is 7.47. The number of carbonyl (C=O) groups is 3. The lowest BCUT2D eigenvalue weighted by Crippen LogP contribution is -2.30. The van der Waals surface area contributed by atoms with E-state index in [0.717, 1.165) is 109 Å². The lowest BCUT2D eigenvalue weighted by atomic mass is 10.0. The van der Waals surface area contributed by atoms with Crippen LogP contribution in [0.1, 0.15) is 226 Å². The van der Waals surface area contributed by atoms with Gasteiger partial charge in [-0.05, 0) is 96.3 Å². The van der Waals surface area contributed by atoms with Crippen molar-refractivity contribution in [1.82, 2.24) is 0 Å². The highest BCUT2D eigenvalue weighted by Gasteiger charge is 2.28. The number of carbonyl (C=O) groups excluding carboxylic acids is 3. The largest absolute Gasteiger partial charge is 0.472 e. The number of allylic oxidation sites excluding steroid dienone is 16. The number of hydrogen-bond donors (Lipinski definition) is 2. The Morgan fingerprint density at radius 1 is 0.403 bits per heavy atom. The molecule has 412 valence electrons. The van der Waals surface area contributed by atoms with Crippen molar-refractivity contribution in [2.45, 2.75) is 238 Å². The molecule has 11 nitrogen and oxygen atoms in total. The molecule has 0 aromatic rings. The highest BCUT2D eigenvalue weighted by atomic mass is 31.2. The fraction of sp³-hybridized carbons (Fsp3) is 0.683. The third kappa shape index (κ3) is 51.3. The van der Waals surface area contributed by atoms with Crippen molar-refractivity contribution >= 4 is 25.7 Å². The molecule has 0 fully saturated rings. The maximum Gasteiger partial charge on any atom is 0.472 e. The number of ether oxygens (including phenoxy) is 3. The summed E-state index contributed by atoms with van der Waals surface area (Å²) in [6, 6.07) is 0. The van der Waals surface area contributed by atoms with Crippen LogP contribution in [-0.4, -0.2) is 66.5 Å². The van der Waals surface area contributed by atoms with Crippen molar-refractivity contribution in [2.75, 3.05) is 26.4 Å². The first-order valence-electron chi connectivity index (χ1n) is 28.1. The zero-order chi connectivity index (χ0) is 52.7. The van der Waals surface area contributed by atoms with E-state index in [0.29, 0.717) is 19.3 Å². The maximum atomic E-state index is 12.9. The molecule has 12 heteroatoms. The average Bonchev–Trinajstić information content (AvgIpc) is 3.37. The Labute approximate surface area is 438 Å². The summed E-state index contributed by atoms with van der Waals surface area (Å²) in [5.41, 5.74) is 0. The minimum Gasteiger partial charge on any atom is -0.462 e. The number of unbranched alkanes of at least 4 members (excludes halogenated alkanes) is 18. The smallest absolute Gasteiger partial charge is 0.462 e. The van der Waals surface area contributed by atoms with Gasteiger partial charge in [-0.2, -0.15) is 0 Å². The van der Waals surface area contributed by atoms with E-state index < -0.39 is 57.8 Å². The fourth-order valence-corrected chi connectivity index (χ4v) is 8.06. The second-order valence-electron chi connectivity index (χ2n) is 18.3. The first-order valence-corrected chi connectivity index (χ1v) is 29.6. The second kappa shape index (κ2) is 53.7. The van der Waals surface area contributed by atoms with Gasteiger partial charge in [0, 0.05) is 19.3 Å². The molecule has 0 amide bonds. The Hall–Kier alpha value is -3.60. The number of rotatable bonds is 51. The van der Waals surface area contributed by atoms with Gasteiger partial charge in [-0.25, -0.2) is 4.57 Å². The van der Waals surface area contributed by atoms with Gasteiger partial charge < -0.3 is 24.2 Å². The van der Waals surface area contributed by atoms with Gasteiger partial charge in [-0.3, -0.25) is 23.4 Å². The van der Waals surface area contributed by atoms with Crippen molar-refractivity contribution in [3.63, 3.8) is 0 Å². The third-order valence-electron chi connectivity index (χ3n) is 11.5. The van der Waals surface area contributed by atoms with Gasteiger partial charge >= 0.3 is 25.7 Å². The molecule has 0 aromatic carbocycles. The summed E-state index contributed by atoms with van der Waals surface area (Å²) >= 11 is 0. The van der Waals surface area contributed by atoms with Crippen LogP contribution in [0.4, 0.5) is 0 Å². The molecule has 0 aliphatic heterocycles. The van der Waals surface area contributed by atoms with Crippen molar-refractivity contribution in [1.29, 1.82) is 0 Å². The zero-order valence-corrected chi connectivity index (χ0v) is 46.3. The Balaban J connectivity index is 4.81. The van der Waals surface area contributed by atoms with E-state index in [-0.39, 0.29) is 25.9 Å². The molecule has 0 saturated heterocycles. The van der Waals surface area contributed by atoms with Crippen LogP contribution in [0.3, 0.4) is 0 Å². The average molecular weight is 1030 g/mol. The molecule has 0 radical (unpaired) electrons. The van der Waals surface area contributed by atoms with Crippen LogP contribution < -0.4 is 0 Å². The van der Waals surface area contributed by atoms with Crippen LogP contribution in [0, 0.1) is 0 Å². The van der Waals surface area contributed by atoms with Crippen molar-refractivity contribution < 1.29 is 52.2 Å². The van der Waals surface area contributed by atoms with Crippen LogP contribution in [0.5, 0.6) is 0 Å². The van der Waals surface area contributed by atoms with Crippen LogP contribution in [0.15, 0.2) is 97.2 Å². The molecule has 0 aromatic heterocycles. The summed E-state index contributed by atoms with van der Waals surface area (Å²) in [5.74, 6) is -1.54. The standard InChI is InChI=1S/C60H101O11P/c1-4-7-10-13-16-19-22-25-27-28-30-33-36-39-42-45-48-51-60(64)71-57(53-67-58(62)49-46-43-40-37-34-31-24-21-18-15-12-9-6-3)55-69-72(65,66)68-54-56(52-61)70-59(63)50-47-44-41-38-35-32-29-26-23-20-17-14-11-8-5-2/h7-8,10-11,16-17,19-20,25-27,29-30,33,35,38,56-57,61H,4-6,9,12-15,18,21-24,28,31-32,34,36-37,39-55H2,1-3H3,(H,65,66)/b10-7-,11-8-,19-16-,20-17-,27-25-,29-26-,33-30-,38-35-. The highest BCUT2D eigenvalue weighted by Crippen LogP contribution is 2.43. The van der Waals surface area contributed by atoms with E-state index in [9.17, 15) is 28.9 Å². The summed E-state index contributed by atoms with van der Waals surface area (Å²) in [6.45, 7) is 4.33. The van der Waals surface area contributed by atoms with Gasteiger partial charge in [0.1, 0.15) is 12.7 Å². The van der Waals surface area contributed by atoms with Gasteiger partial charge in [0.15, 0.2) is 6.10 Å². The molecule has 0 rings (SSSR count). The molecule has 3 atom stereocenters. The fourth-order valence-electron chi connectivity index (χ4n) is 7.28. The topological polar surface area (TPSA) is 155 Å². The van der Waals surface area contributed by atoms with Gasteiger partial charge in [-0.15, -0.1) is 0 Å². The van der Waals surface area contributed by atoms with Crippen LogP contribution in [0.2, 0.25) is 0 Å². The number of phosphoric ester groups is 1. The number of hydrogen-bond acceptors (Lipinski definition) is 10. The summed E-state index contributed by atoms with van der Waals surface area (Å²) in [6.07, 6.45) is 62.3. The number of phosphoric acid groups is 1. The quantitative estimate of drug-likeness (QED) is 0.0197. The van der Waals surface area contributed by atoms with E-state index in [2.05, 4.69) is 118 Å². The van der Waals surface area contributed by atoms with E-state index in [1.807, 2.05) is 0 Å². The Kier molecular flexibility index (Phi) is 51.0. The number of aliphatic hydroxyl groups excluding tert-OH is 1. The molecule has 3 unspecified atom stereocenters. The predicted molar refractivity (Wildman–Crippen MR) is 297 cm³/mol. The van der Waals surface area contributed by atoms with Crippen LogP contribution >= 0.6 is 7.82 Å².